The van der Waals surface area contributed by atoms with Crippen molar-refractivity contribution in [1.82, 2.24) is 5.32 Å². The highest BCUT2D eigenvalue weighted by Crippen LogP contribution is 2.18. The quantitative estimate of drug-likeness (QED) is 0.449. The lowest BCUT2D eigenvalue weighted by atomic mass is 10.1. The number of benzene rings is 1. The first-order chi connectivity index (χ1) is 9.65. The molecule has 1 aliphatic rings. The Morgan fingerprint density at radius 3 is 2.65 bits per heavy atom. The van der Waals surface area contributed by atoms with Crippen molar-refractivity contribution in [1.29, 1.82) is 0 Å². The van der Waals surface area contributed by atoms with Gasteiger partial charge in [0.1, 0.15) is 0 Å². The normalized spacial score (nSPS) is 23.4. The van der Waals surface area contributed by atoms with Crippen LogP contribution in [-0.2, 0) is 4.79 Å². The second-order valence-corrected chi connectivity index (χ2v) is 5.32. The van der Waals surface area contributed by atoms with E-state index in [1.54, 1.807) is 18.2 Å². The zero-order valence-corrected chi connectivity index (χ0v) is 11.6. The molecule has 0 spiro atoms. The minimum Gasteiger partial charge on any atom is -0.399 e. The number of amides is 1. The van der Waals surface area contributed by atoms with Crippen molar-refractivity contribution in [2.24, 2.45) is 0 Å². The van der Waals surface area contributed by atoms with Gasteiger partial charge in [-0.1, -0.05) is 31.4 Å². The topological polar surface area (TPSA) is 75.4 Å². The largest absolute Gasteiger partial charge is 0.399 e. The number of hydrogen-bond donors (Lipinski definition) is 3. The first kappa shape index (κ1) is 14.6. The van der Waals surface area contributed by atoms with E-state index in [4.69, 9.17) is 5.73 Å². The van der Waals surface area contributed by atoms with Crippen LogP contribution in [0.5, 0.6) is 0 Å². The second-order valence-electron chi connectivity index (χ2n) is 5.32. The van der Waals surface area contributed by atoms with Gasteiger partial charge in [0.25, 0.3) is 0 Å². The molecule has 1 amide bonds. The first-order valence-electron chi connectivity index (χ1n) is 7.17. The third kappa shape index (κ3) is 4.38. The summed E-state index contributed by atoms with van der Waals surface area (Å²) >= 11 is 0. The van der Waals surface area contributed by atoms with Gasteiger partial charge in [0.05, 0.1) is 12.1 Å². The van der Waals surface area contributed by atoms with Crippen LogP contribution in [0, 0.1) is 0 Å². The Morgan fingerprint density at radius 2 is 1.90 bits per heavy atom. The fourth-order valence-corrected chi connectivity index (χ4v) is 2.47. The fourth-order valence-electron chi connectivity index (χ4n) is 2.47. The molecule has 2 atom stereocenters. The molecule has 0 saturated heterocycles. The van der Waals surface area contributed by atoms with Gasteiger partial charge in [0.2, 0.25) is 5.91 Å². The molecule has 20 heavy (non-hydrogen) atoms. The number of nitrogens with one attached hydrogen (secondary N) is 1. The van der Waals surface area contributed by atoms with Gasteiger partial charge in [-0.15, -0.1) is 0 Å². The molecule has 0 aliphatic heterocycles. The summed E-state index contributed by atoms with van der Waals surface area (Å²) in [5.41, 5.74) is 7.23. The van der Waals surface area contributed by atoms with Crippen LogP contribution in [0.4, 0.5) is 5.69 Å². The summed E-state index contributed by atoms with van der Waals surface area (Å²) in [4.78, 5) is 11.9. The molecule has 4 N–H and O–H groups in total. The monoisotopic (exact) mass is 274 g/mol. The third-order valence-corrected chi connectivity index (χ3v) is 3.67. The lowest BCUT2D eigenvalue weighted by Gasteiger charge is -2.20. The van der Waals surface area contributed by atoms with Gasteiger partial charge >= 0.3 is 0 Å². The van der Waals surface area contributed by atoms with Crippen LogP contribution in [0.1, 0.15) is 37.7 Å². The number of aliphatic hydroxyl groups excluding tert-OH is 1. The maximum atomic E-state index is 11.9. The summed E-state index contributed by atoms with van der Waals surface area (Å²) in [6, 6.07) is 7.19. The summed E-state index contributed by atoms with van der Waals surface area (Å²) < 4.78 is 0. The molecule has 0 aromatic heterocycles. The number of hydrogen-bond acceptors (Lipinski definition) is 3. The summed E-state index contributed by atoms with van der Waals surface area (Å²) in [6.07, 6.45) is 7.67. The molecule has 1 saturated carbocycles. The van der Waals surface area contributed by atoms with Crippen LogP contribution >= 0.6 is 0 Å². The van der Waals surface area contributed by atoms with E-state index < -0.39 is 6.10 Å². The Hall–Kier alpha value is -1.81. The zero-order chi connectivity index (χ0) is 14.4. The van der Waals surface area contributed by atoms with Crippen molar-refractivity contribution >= 4 is 17.7 Å². The molecule has 2 unspecified atom stereocenters. The number of rotatable bonds is 3. The average Bonchev–Trinajstić information content (AvgIpc) is 2.64. The molecule has 4 nitrogen and oxygen atoms in total. The third-order valence-electron chi connectivity index (χ3n) is 3.67. The van der Waals surface area contributed by atoms with Crippen molar-refractivity contribution in [2.75, 3.05) is 5.73 Å². The molecule has 0 bridgehead atoms. The molecule has 108 valence electrons. The maximum Gasteiger partial charge on any atom is 0.244 e. The van der Waals surface area contributed by atoms with Gasteiger partial charge in [-0.25, -0.2) is 0 Å². The molecule has 1 aromatic rings. The number of nitrogen functional groups attached to an aromatic ring is 1. The minimum absolute atomic E-state index is 0.124. The van der Waals surface area contributed by atoms with E-state index in [1.807, 2.05) is 12.1 Å². The fraction of sp³-hybridized carbons (Fsp3) is 0.438. The van der Waals surface area contributed by atoms with Gasteiger partial charge in [-0.05, 0) is 36.6 Å². The number of nitrogens with two attached hydrogens (primary N) is 1. The van der Waals surface area contributed by atoms with Crippen molar-refractivity contribution in [3.63, 3.8) is 0 Å². The summed E-state index contributed by atoms with van der Waals surface area (Å²) in [7, 11) is 0. The molecular weight excluding hydrogens is 252 g/mol. The maximum absolute atomic E-state index is 11.9. The standard InChI is InChI=1S/C16H22N2O2/c17-13-9-6-12(7-10-13)8-11-16(20)18-14-4-2-1-3-5-15(14)19/h6-11,14-15,19H,1-5,17H2,(H,18,20)/b11-8+. The molecule has 0 radical (unpaired) electrons. The summed E-state index contributed by atoms with van der Waals surface area (Å²) in [5.74, 6) is -0.159. The Morgan fingerprint density at radius 1 is 1.20 bits per heavy atom. The minimum atomic E-state index is -0.425. The van der Waals surface area contributed by atoms with Crippen molar-refractivity contribution in [3.05, 3.63) is 35.9 Å². The molecule has 1 aromatic carbocycles. The number of aliphatic hydroxyl groups is 1. The van der Waals surface area contributed by atoms with E-state index in [2.05, 4.69) is 5.32 Å². The lowest BCUT2D eigenvalue weighted by Crippen LogP contribution is -2.41. The Labute approximate surface area is 119 Å². The van der Waals surface area contributed by atoms with Crippen LogP contribution in [-0.4, -0.2) is 23.2 Å². The molecule has 0 heterocycles. The van der Waals surface area contributed by atoms with E-state index in [1.165, 1.54) is 6.08 Å². The Kier molecular flexibility index (Phi) is 5.18. The second kappa shape index (κ2) is 7.10. The van der Waals surface area contributed by atoms with Gasteiger partial charge in [-0.3, -0.25) is 4.79 Å². The number of carbonyl (C=O) groups is 1. The van der Waals surface area contributed by atoms with Gasteiger partial charge in [0.15, 0.2) is 0 Å². The van der Waals surface area contributed by atoms with Crippen molar-refractivity contribution in [2.45, 2.75) is 44.2 Å². The highest BCUT2D eigenvalue weighted by atomic mass is 16.3. The zero-order valence-electron chi connectivity index (χ0n) is 11.6. The molecule has 1 fully saturated rings. The van der Waals surface area contributed by atoms with E-state index in [0.29, 0.717) is 5.69 Å². The van der Waals surface area contributed by atoms with E-state index in [9.17, 15) is 9.90 Å². The van der Waals surface area contributed by atoms with Crippen LogP contribution in [0.15, 0.2) is 30.3 Å². The SMILES string of the molecule is Nc1ccc(/C=C/C(=O)NC2CCCCCC2O)cc1. The van der Waals surface area contributed by atoms with Crippen molar-refractivity contribution < 1.29 is 9.90 Å². The average molecular weight is 274 g/mol. The Balaban J connectivity index is 1.89. The lowest BCUT2D eigenvalue weighted by molar-refractivity contribution is -0.118. The van der Waals surface area contributed by atoms with Crippen LogP contribution in [0.2, 0.25) is 0 Å². The van der Waals surface area contributed by atoms with E-state index in [0.717, 1.165) is 37.7 Å². The number of carbonyl (C=O) groups excluding carboxylic acids is 1. The van der Waals surface area contributed by atoms with Crippen LogP contribution < -0.4 is 11.1 Å². The highest BCUT2D eigenvalue weighted by molar-refractivity contribution is 5.92. The van der Waals surface area contributed by atoms with Gasteiger partial charge in [0, 0.05) is 11.8 Å². The summed E-state index contributed by atoms with van der Waals surface area (Å²) in [6.45, 7) is 0. The predicted octanol–water partition coefficient (Wildman–Crippen LogP) is 2.09. The van der Waals surface area contributed by atoms with Crippen molar-refractivity contribution in [3.8, 4) is 0 Å². The van der Waals surface area contributed by atoms with Gasteiger partial charge in [-0.2, -0.15) is 0 Å². The predicted molar refractivity (Wildman–Crippen MR) is 80.9 cm³/mol. The molecule has 1 aliphatic carbocycles. The molecular formula is C16H22N2O2. The van der Waals surface area contributed by atoms with Crippen LogP contribution in [0.3, 0.4) is 0 Å². The van der Waals surface area contributed by atoms with Gasteiger partial charge < -0.3 is 16.2 Å². The molecule has 4 heteroatoms. The van der Waals surface area contributed by atoms with E-state index in [-0.39, 0.29) is 11.9 Å². The smallest absolute Gasteiger partial charge is 0.244 e. The summed E-state index contributed by atoms with van der Waals surface area (Å²) in [5, 5.41) is 12.9. The van der Waals surface area contributed by atoms with E-state index >= 15 is 0 Å². The highest BCUT2D eigenvalue weighted by Gasteiger charge is 2.22. The Bertz CT molecular complexity index is 468. The molecule has 2 rings (SSSR count). The number of anilines is 1. The van der Waals surface area contributed by atoms with Crippen LogP contribution in [0.25, 0.3) is 6.08 Å². The first-order valence-corrected chi connectivity index (χ1v) is 7.17.